The van der Waals surface area contributed by atoms with Crippen LogP contribution in [0.3, 0.4) is 0 Å². The van der Waals surface area contributed by atoms with Gasteiger partial charge in [-0.1, -0.05) is 60.6 Å². The zero-order chi connectivity index (χ0) is 15.2. The molecule has 2 aromatic rings. The predicted octanol–water partition coefficient (Wildman–Crippen LogP) is 6.21. The summed E-state index contributed by atoms with van der Waals surface area (Å²) in [5.41, 5.74) is 0. The van der Waals surface area contributed by atoms with Gasteiger partial charge in [0.25, 0.3) is 0 Å². The fourth-order valence-electron chi connectivity index (χ4n) is 2.08. The first-order chi connectivity index (χ1) is 9.46. The van der Waals surface area contributed by atoms with Gasteiger partial charge in [-0.3, -0.25) is 0 Å². The van der Waals surface area contributed by atoms with E-state index in [2.05, 4.69) is 20.8 Å². The van der Waals surface area contributed by atoms with Crippen molar-refractivity contribution in [3.05, 3.63) is 60.7 Å². The molecule has 0 saturated heterocycles. The molecule has 0 unspecified atom stereocenters. The Morgan fingerprint density at radius 3 is 1.25 bits per heavy atom. The van der Waals surface area contributed by atoms with Gasteiger partial charge in [-0.2, -0.15) is 0 Å². The van der Waals surface area contributed by atoms with E-state index in [4.69, 9.17) is 0 Å². The first kappa shape index (κ1) is 16.8. The van der Waals surface area contributed by atoms with Crippen molar-refractivity contribution < 1.29 is 4.55 Å². The largest absolute Gasteiger partial charge is 0.342 e. The van der Waals surface area contributed by atoms with E-state index in [1.807, 2.05) is 74.5 Å². The van der Waals surface area contributed by atoms with Crippen LogP contribution < -0.4 is 0 Å². The Kier molecular flexibility index (Phi) is 5.85. The number of hydrogen-bond acceptors (Lipinski definition) is 1. The summed E-state index contributed by atoms with van der Waals surface area (Å²) in [6.07, 6.45) is 0. The second-order valence-electron chi connectivity index (χ2n) is 5.32. The van der Waals surface area contributed by atoms with Crippen molar-refractivity contribution in [3.8, 4) is 0 Å². The summed E-state index contributed by atoms with van der Waals surface area (Å²) >= 11 is 0. The maximum absolute atomic E-state index is 11.4. The van der Waals surface area contributed by atoms with Gasteiger partial charge in [0.15, 0.2) is 0 Å². The van der Waals surface area contributed by atoms with Gasteiger partial charge >= 0.3 is 0 Å². The van der Waals surface area contributed by atoms with Crippen molar-refractivity contribution in [2.45, 2.75) is 49.2 Å². The third-order valence-corrected chi connectivity index (χ3v) is 6.74. The molecular formula is C18H26OS. The van der Waals surface area contributed by atoms with E-state index in [0.717, 1.165) is 9.79 Å². The molecule has 0 aliphatic rings. The molecule has 20 heavy (non-hydrogen) atoms. The molecule has 0 saturated carbocycles. The lowest BCUT2D eigenvalue weighted by Crippen LogP contribution is -2.25. The Morgan fingerprint density at radius 2 is 1.00 bits per heavy atom. The van der Waals surface area contributed by atoms with Crippen molar-refractivity contribution in [2.24, 2.45) is 0 Å². The first-order valence-electron chi connectivity index (χ1n) is 7.12. The van der Waals surface area contributed by atoms with Crippen LogP contribution in [0.25, 0.3) is 0 Å². The molecule has 110 valence electrons. The highest BCUT2D eigenvalue weighted by Gasteiger charge is 2.38. The molecule has 0 aromatic heterocycles. The van der Waals surface area contributed by atoms with E-state index in [9.17, 15) is 4.55 Å². The lowest BCUT2D eigenvalue weighted by atomic mass is 10.3. The average molecular weight is 290 g/mol. The lowest BCUT2D eigenvalue weighted by molar-refractivity contribution is 0.577. The minimum absolute atomic E-state index is 0.199. The molecule has 0 aliphatic carbocycles. The fraction of sp³-hybridized carbons (Fsp3) is 0.333. The van der Waals surface area contributed by atoms with Crippen molar-refractivity contribution >= 4 is 10.3 Å². The molecule has 0 fully saturated rings. The highest BCUT2D eigenvalue weighted by Crippen LogP contribution is 2.67. The molecule has 2 rings (SSSR count). The maximum Gasteiger partial charge on any atom is 0.0213 e. The van der Waals surface area contributed by atoms with Gasteiger partial charge < -0.3 is 4.55 Å². The Bertz CT molecular complexity index is 460. The van der Waals surface area contributed by atoms with Gasteiger partial charge in [-0.05, 0) is 45.0 Å². The minimum atomic E-state index is -2.01. The molecule has 0 bridgehead atoms. The normalized spacial score (nSPS) is 12.3. The van der Waals surface area contributed by atoms with Gasteiger partial charge in [0.1, 0.15) is 0 Å². The van der Waals surface area contributed by atoms with E-state index in [-0.39, 0.29) is 4.75 Å². The SMILES string of the molecule is CC.CC(C)(C)S(O)(c1ccccc1)c1ccccc1. The van der Waals surface area contributed by atoms with E-state index in [1.54, 1.807) is 0 Å². The first-order valence-corrected chi connectivity index (χ1v) is 8.71. The van der Waals surface area contributed by atoms with Crippen LogP contribution in [0.4, 0.5) is 0 Å². The summed E-state index contributed by atoms with van der Waals surface area (Å²) in [4.78, 5) is 2.03. The molecule has 0 aliphatic heterocycles. The van der Waals surface area contributed by atoms with Crippen LogP contribution in [0, 0.1) is 0 Å². The third-order valence-electron chi connectivity index (χ3n) is 3.05. The second-order valence-corrected chi connectivity index (χ2v) is 8.65. The quantitative estimate of drug-likeness (QED) is 0.697. The molecule has 1 nitrogen and oxygen atoms in total. The molecule has 0 heterocycles. The zero-order valence-corrected chi connectivity index (χ0v) is 13.9. The third kappa shape index (κ3) is 3.25. The number of benzene rings is 2. The van der Waals surface area contributed by atoms with E-state index >= 15 is 0 Å². The molecule has 2 heteroatoms. The van der Waals surface area contributed by atoms with Crippen LogP contribution in [0.15, 0.2) is 70.5 Å². The Morgan fingerprint density at radius 1 is 0.700 bits per heavy atom. The number of hydrogen-bond donors (Lipinski definition) is 1. The van der Waals surface area contributed by atoms with Crippen LogP contribution in [-0.4, -0.2) is 9.30 Å². The molecule has 0 spiro atoms. The number of rotatable bonds is 2. The van der Waals surface area contributed by atoms with Crippen molar-refractivity contribution in [2.75, 3.05) is 0 Å². The Labute approximate surface area is 125 Å². The van der Waals surface area contributed by atoms with E-state index < -0.39 is 10.3 Å². The zero-order valence-electron chi connectivity index (χ0n) is 13.1. The summed E-state index contributed by atoms with van der Waals surface area (Å²) in [5.74, 6) is 0. The maximum atomic E-state index is 11.4. The van der Waals surface area contributed by atoms with Gasteiger partial charge in [-0.25, -0.2) is 0 Å². The van der Waals surface area contributed by atoms with Crippen LogP contribution in [-0.2, 0) is 0 Å². The van der Waals surface area contributed by atoms with Crippen molar-refractivity contribution in [3.63, 3.8) is 0 Å². The molecule has 1 N–H and O–H groups in total. The molecule has 0 radical (unpaired) electrons. The summed E-state index contributed by atoms with van der Waals surface area (Å²) in [5, 5.41) is 0. The average Bonchev–Trinajstić information content (AvgIpc) is 2.49. The highest BCUT2D eigenvalue weighted by atomic mass is 32.3. The Balaban J connectivity index is 0.000000956. The van der Waals surface area contributed by atoms with Gasteiger partial charge in [0.2, 0.25) is 0 Å². The molecule has 0 amide bonds. The van der Waals surface area contributed by atoms with Crippen LogP contribution in [0.2, 0.25) is 0 Å². The highest BCUT2D eigenvalue weighted by molar-refractivity contribution is 8.30. The molecule has 0 atom stereocenters. The second kappa shape index (κ2) is 6.96. The standard InChI is InChI=1S/C16H20OS.C2H6/c1-16(2,3)18(17,14-10-6-4-7-11-14)15-12-8-5-9-13-15;1-2/h4-13,17H,1-3H3;1-2H3. The van der Waals surface area contributed by atoms with E-state index in [0.29, 0.717) is 0 Å². The van der Waals surface area contributed by atoms with E-state index in [1.165, 1.54) is 0 Å². The topological polar surface area (TPSA) is 20.2 Å². The lowest BCUT2D eigenvalue weighted by Gasteiger charge is -2.46. The molecular weight excluding hydrogens is 264 g/mol. The van der Waals surface area contributed by atoms with Crippen LogP contribution in [0.1, 0.15) is 34.6 Å². The van der Waals surface area contributed by atoms with Gasteiger partial charge in [0, 0.05) is 14.5 Å². The van der Waals surface area contributed by atoms with Crippen molar-refractivity contribution in [1.82, 2.24) is 0 Å². The van der Waals surface area contributed by atoms with Gasteiger partial charge in [0.05, 0.1) is 0 Å². The predicted molar refractivity (Wildman–Crippen MR) is 90.7 cm³/mol. The van der Waals surface area contributed by atoms with Crippen LogP contribution in [0.5, 0.6) is 0 Å². The monoisotopic (exact) mass is 290 g/mol. The summed E-state index contributed by atoms with van der Waals surface area (Å²) in [6, 6.07) is 20.0. The molecule has 2 aromatic carbocycles. The summed E-state index contributed by atoms with van der Waals surface area (Å²) in [7, 11) is -2.01. The van der Waals surface area contributed by atoms with Gasteiger partial charge in [-0.15, -0.1) is 0 Å². The van der Waals surface area contributed by atoms with Crippen molar-refractivity contribution in [1.29, 1.82) is 0 Å². The smallest absolute Gasteiger partial charge is 0.0213 e. The Hall–Kier alpha value is -1.25. The summed E-state index contributed by atoms with van der Waals surface area (Å²) < 4.78 is 11.2. The minimum Gasteiger partial charge on any atom is -0.342 e. The fourth-order valence-corrected chi connectivity index (χ4v) is 4.87. The van der Waals surface area contributed by atoms with Crippen LogP contribution >= 0.6 is 10.3 Å². The summed E-state index contributed by atoms with van der Waals surface area (Å²) in [6.45, 7) is 10.3.